The average molecular weight is 418 g/mol. The molecule has 3 N–H and O–H groups in total. The van der Waals surface area contributed by atoms with Crippen molar-refractivity contribution in [3.05, 3.63) is 83.7 Å². The van der Waals surface area contributed by atoms with Gasteiger partial charge in [0.05, 0.1) is 16.1 Å². The molecule has 0 bridgehead atoms. The van der Waals surface area contributed by atoms with E-state index in [0.29, 0.717) is 32.9 Å². The fraction of sp³-hybridized carbons (Fsp3) is 0.0455. The fourth-order valence-electron chi connectivity index (χ4n) is 2.73. The molecule has 150 valence electrons. The Balaban J connectivity index is 1.35. The molecule has 2 heterocycles. The predicted molar refractivity (Wildman–Crippen MR) is 118 cm³/mol. The molecule has 0 aliphatic rings. The molecule has 4 rings (SSSR count). The summed E-state index contributed by atoms with van der Waals surface area (Å²) in [7, 11) is 0. The van der Waals surface area contributed by atoms with E-state index in [2.05, 4.69) is 20.9 Å². The van der Waals surface area contributed by atoms with Crippen LogP contribution in [0.1, 0.15) is 15.6 Å². The summed E-state index contributed by atoms with van der Waals surface area (Å²) in [6, 6.07) is 19.4. The maximum absolute atomic E-state index is 12.5. The minimum atomic E-state index is -0.367. The summed E-state index contributed by atoms with van der Waals surface area (Å²) in [5.41, 5.74) is 2.22. The van der Waals surface area contributed by atoms with E-state index in [0.717, 1.165) is 5.56 Å². The van der Waals surface area contributed by atoms with Gasteiger partial charge in [-0.1, -0.05) is 18.2 Å². The van der Waals surface area contributed by atoms with Gasteiger partial charge in [-0.15, -0.1) is 11.3 Å². The number of hydrogen-bond donors (Lipinski definition) is 3. The third-order valence-electron chi connectivity index (χ3n) is 4.15. The first-order chi connectivity index (χ1) is 14.6. The molecule has 2 aromatic heterocycles. The lowest BCUT2D eigenvalue weighted by molar-refractivity contribution is 0.103. The van der Waals surface area contributed by atoms with E-state index in [9.17, 15) is 9.59 Å². The van der Waals surface area contributed by atoms with Gasteiger partial charge < -0.3 is 15.1 Å². The van der Waals surface area contributed by atoms with E-state index in [1.165, 1.54) is 11.3 Å². The molecular weight excluding hydrogens is 400 g/mol. The van der Waals surface area contributed by atoms with Crippen molar-refractivity contribution < 1.29 is 14.0 Å². The second kappa shape index (κ2) is 8.62. The van der Waals surface area contributed by atoms with Crippen LogP contribution < -0.4 is 16.0 Å². The van der Waals surface area contributed by atoms with E-state index in [4.69, 9.17) is 4.42 Å². The molecule has 7 nitrogen and oxygen atoms in total. The number of nitrogens with zero attached hydrogens (tertiary/aromatic N) is 1. The smallest absolute Gasteiger partial charge is 0.324 e. The van der Waals surface area contributed by atoms with Crippen molar-refractivity contribution in [2.75, 3.05) is 16.0 Å². The first-order valence-corrected chi connectivity index (χ1v) is 9.95. The molecule has 2 aromatic carbocycles. The Morgan fingerprint density at radius 2 is 1.60 bits per heavy atom. The van der Waals surface area contributed by atoms with Gasteiger partial charge in [-0.3, -0.25) is 10.1 Å². The zero-order valence-corrected chi connectivity index (χ0v) is 16.8. The SMILES string of the molecule is Cc1ncc(-c2ccc(NC(=O)c3ccc(NC(=O)Nc4ccccc4)s3)cc2)o1. The highest BCUT2D eigenvalue weighted by Gasteiger charge is 2.12. The highest BCUT2D eigenvalue weighted by Crippen LogP contribution is 2.25. The van der Waals surface area contributed by atoms with E-state index in [1.807, 2.05) is 30.3 Å². The topological polar surface area (TPSA) is 96.3 Å². The predicted octanol–water partition coefficient (Wildman–Crippen LogP) is 5.61. The molecule has 0 saturated carbocycles. The van der Waals surface area contributed by atoms with Gasteiger partial charge in [0.25, 0.3) is 5.91 Å². The number of amides is 3. The molecule has 0 saturated heterocycles. The molecule has 8 heteroatoms. The van der Waals surface area contributed by atoms with Crippen LogP contribution in [-0.2, 0) is 0 Å². The molecule has 0 fully saturated rings. The van der Waals surface area contributed by atoms with Gasteiger partial charge in [-0.2, -0.15) is 0 Å². The highest BCUT2D eigenvalue weighted by atomic mass is 32.1. The summed E-state index contributed by atoms with van der Waals surface area (Å²) in [6.07, 6.45) is 1.66. The first kappa shape index (κ1) is 19.4. The van der Waals surface area contributed by atoms with Crippen molar-refractivity contribution in [2.24, 2.45) is 0 Å². The maximum atomic E-state index is 12.5. The van der Waals surface area contributed by atoms with E-state index in [-0.39, 0.29) is 11.9 Å². The summed E-state index contributed by atoms with van der Waals surface area (Å²) >= 11 is 1.19. The molecular formula is C22H18N4O3S. The lowest BCUT2D eigenvalue weighted by Gasteiger charge is -2.06. The van der Waals surface area contributed by atoms with Crippen molar-refractivity contribution in [1.82, 2.24) is 4.98 Å². The molecule has 4 aromatic rings. The third kappa shape index (κ3) is 4.73. The van der Waals surface area contributed by atoms with Crippen LogP contribution in [0.3, 0.4) is 0 Å². The van der Waals surface area contributed by atoms with Gasteiger partial charge in [0.15, 0.2) is 11.7 Å². The van der Waals surface area contributed by atoms with Gasteiger partial charge in [0.2, 0.25) is 0 Å². The van der Waals surface area contributed by atoms with Crippen molar-refractivity contribution >= 4 is 39.7 Å². The van der Waals surface area contributed by atoms with E-state index < -0.39 is 0 Å². The van der Waals surface area contributed by atoms with Crippen molar-refractivity contribution in [3.8, 4) is 11.3 Å². The number of rotatable bonds is 5. The quantitative estimate of drug-likeness (QED) is 0.393. The standard InChI is InChI=1S/C22H18N4O3S/c1-14-23-13-18(29-14)15-7-9-17(10-8-15)24-21(27)19-11-12-20(30-19)26-22(28)25-16-5-3-2-4-6-16/h2-13H,1H3,(H,24,27)(H2,25,26,28). The third-order valence-corrected chi connectivity index (χ3v) is 5.15. The number of anilines is 3. The minimum absolute atomic E-state index is 0.250. The molecule has 0 aliphatic carbocycles. The van der Waals surface area contributed by atoms with E-state index >= 15 is 0 Å². The summed E-state index contributed by atoms with van der Waals surface area (Å²) in [5, 5.41) is 8.88. The number of nitrogens with one attached hydrogen (secondary N) is 3. The fourth-order valence-corrected chi connectivity index (χ4v) is 3.52. The van der Waals surface area contributed by atoms with Gasteiger partial charge >= 0.3 is 6.03 Å². The van der Waals surface area contributed by atoms with Gasteiger partial charge in [0, 0.05) is 23.9 Å². The average Bonchev–Trinajstić information content (AvgIpc) is 3.38. The Kier molecular flexibility index (Phi) is 5.58. The van der Waals surface area contributed by atoms with Gasteiger partial charge in [-0.25, -0.2) is 9.78 Å². The van der Waals surface area contributed by atoms with Crippen LogP contribution >= 0.6 is 11.3 Å². The Labute approximate surface area is 176 Å². The molecule has 0 radical (unpaired) electrons. The summed E-state index contributed by atoms with van der Waals surface area (Å²) < 4.78 is 5.50. The minimum Gasteiger partial charge on any atom is -0.441 e. The van der Waals surface area contributed by atoms with Crippen molar-refractivity contribution in [3.63, 3.8) is 0 Å². The summed E-state index contributed by atoms with van der Waals surface area (Å²) in [4.78, 5) is 29.1. The number of urea groups is 1. The lowest BCUT2D eigenvalue weighted by atomic mass is 10.1. The number of thiophene rings is 1. The number of para-hydroxylation sites is 1. The van der Waals surface area contributed by atoms with Crippen LogP contribution in [0, 0.1) is 6.92 Å². The summed E-state index contributed by atoms with van der Waals surface area (Å²) in [6.45, 7) is 1.79. The lowest BCUT2D eigenvalue weighted by Crippen LogP contribution is -2.18. The Bertz CT molecular complexity index is 1170. The second-order valence-electron chi connectivity index (χ2n) is 6.38. The van der Waals surface area contributed by atoms with Crippen LogP contribution in [0.4, 0.5) is 21.2 Å². The van der Waals surface area contributed by atoms with Crippen LogP contribution in [0.5, 0.6) is 0 Å². The molecule has 0 aliphatic heterocycles. The van der Waals surface area contributed by atoms with E-state index in [1.54, 1.807) is 49.5 Å². The van der Waals surface area contributed by atoms with Crippen LogP contribution in [0.15, 0.2) is 77.3 Å². The summed E-state index contributed by atoms with van der Waals surface area (Å²) in [5.74, 6) is 1.02. The number of carbonyl (C=O) groups excluding carboxylic acids is 2. The molecule has 0 atom stereocenters. The largest absolute Gasteiger partial charge is 0.441 e. The van der Waals surface area contributed by atoms with Gasteiger partial charge in [0.1, 0.15) is 0 Å². The van der Waals surface area contributed by atoms with Gasteiger partial charge in [-0.05, 0) is 48.5 Å². The zero-order chi connectivity index (χ0) is 20.9. The first-order valence-electron chi connectivity index (χ1n) is 9.14. The Morgan fingerprint density at radius 3 is 2.30 bits per heavy atom. The molecule has 3 amide bonds. The molecule has 0 unspecified atom stereocenters. The molecule has 0 spiro atoms. The molecule has 30 heavy (non-hydrogen) atoms. The number of aryl methyl sites for hydroxylation is 1. The number of oxazole rings is 1. The van der Waals surface area contributed by atoms with Crippen molar-refractivity contribution in [2.45, 2.75) is 6.92 Å². The Hall–Kier alpha value is -3.91. The maximum Gasteiger partial charge on any atom is 0.324 e. The zero-order valence-electron chi connectivity index (χ0n) is 16.0. The second-order valence-corrected chi connectivity index (χ2v) is 7.47. The highest BCUT2D eigenvalue weighted by molar-refractivity contribution is 7.18. The number of aromatic nitrogens is 1. The monoisotopic (exact) mass is 418 g/mol. The van der Waals surface area contributed by atoms with Crippen LogP contribution in [0.2, 0.25) is 0 Å². The normalized spacial score (nSPS) is 10.4. The van der Waals surface area contributed by atoms with Crippen LogP contribution in [-0.4, -0.2) is 16.9 Å². The van der Waals surface area contributed by atoms with Crippen LogP contribution in [0.25, 0.3) is 11.3 Å². The Morgan fingerprint density at radius 1 is 0.867 bits per heavy atom. The van der Waals surface area contributed by atoms with Crippen molar-refractivity contribution in [1.29, 1.82) is 0 Å². The number of hydrogen-bond acceptors (Lipinski definition) is 5. The number of carbonyl (C=O) groups is 2. The number of benzene rings is 2.